The van der Waals surface area contributed by atoms with Gasteiger partial charge in [-0.05, 0) is 6.92 Å². The van der Waals surface area contributed by atoms with Crippen LogP contribution in [0.2, 0.25) is 0 Å². The molecule has 144 valence electrons. The molecule has 1 fully saturated rings. The first kappa shape index (κ1) is 21.1. The van der Waals surface area contributed by atoms with Gasteiger partial charge >= 0.3 is 30.5 Å². The molecule has 1 rings (SSSR count). The van der Waals surface area contributed by atoms with Crippen LogP contribution in [0.4, 0.5) is 52.7 Å². The van der Waals surface area contributed by atoms with Gasteiger partial charge in [0.25, 0.3) is 0 Å². The van der Waals surface area contributed by atoms with E-state index in [1.807, 2.05) is 0 Å². The van der Waals surface area contributed by atoms with Crippen molar-refractivity contribution in [2.24, 2.45) is 0 Å². The Labute approximate surface area is 124 Å². The van der Waals surface area contributed by atoms with Crippen molar-refractivity contribution < 1.29 is 62.2 Å². The van der Waals surface area contributed by atoms with E-state index < -0.39 is 48.9 Å². The van der Waals surface area contributed by atoms with E-state index in [0.29, 0.717) is 12.2 Å². The largest absolute Gasteiger partial charge is 0.453 e. The van der Waals surface area contributed by atoms with Crippen molar-refractivity contribution in [1.29, 1.82) is 0 Å². The van der Waals surface area contributed by atoms with Gasteiger partial charge in [0, 0.05) is 0 Å². The van der Waals surface area contributed by atoms with E-state index >= 15 is 0 Å². The molecule has 0 aromatic carbocycles. The summed E-state index contributed by atoms with van der Waals surface area (Å²) in [5.41, 5.74) is 0. The molecule has 0 aromatic rings. The van der Waals surface area contributed by atoms with Gasteiger partial charge in [-0.2, -0.15) is 52.7 Å². The highest BCUT2D eigenvalue weighted by Crippen LogP contribution is 2.51. The van der Waals surface area contributed by atoms with Gasteiger partial charge in [0.05, 0.1) is 6.10 Å². The van der Waals surface area contributed by atoms with Gasteiger partial charge in [0.2, 0.25) is 6.04 Å². The Bertz CT molecular complexity index is 421. The predicted molar refractivity (Wildman–Crippen MR) is 49.3 cm³/mol. The molecule has 0 bridgehead atoms. The lowest BCUT2D eigenvalue weighted by Gasteiger charge is -2.32. The van der Waals surface area contributed by atoms with Crippen LogP contribution in [-0.2, 0) is 9.47 Å². The Morgan fingerprint density at radius 3 is 1.38 bits per heavy atom. The summed E-state index contributed by atoms with van der Waals surface area (Å²) < 4.78 is 157. The number of alkyl halides is 12. The minimum absolute atomic E-state index is 0.390. The fourth-order valence-corrected chi connectivity index (χ4v) is 1.76. The number of ether oxygens (including phenoxy) is 2. The molecular weight excluding hydrogens is 382 g/mol. The van der Waals surface area contributed by atoms with Crippen LogP contribution in [0.3, 0.4) is 0 Å². The van der Waals surface area contributed by atoms with Crippen LogP contribution in [-0.4, -0.2) is 48.9 Å². The molecule has 2 atom stereocenters. The normalized spacial score (nSPS) is 26.2. The van der Waals surface area contributed by atoms with Crippen LogP contribution in [0.25, 0.3) is 0 Å². The van der Waals surface area contributed by atoms with Gasteiger partial charge in [0.1, 0.15) is 6.23 Å². The number of hydrogen-bond acceptors (Lipinski definition) is 3. The van der Waals surface area contributed by atoms with Gasteiger partial charge < -0.3 is 9.47 Å². The van der Waals surface area contributed by atoms with Crippen LogP contribution < -0.4 is 5.32 Å². The third-order valence-electron chi connectivity index (χ3n) is 2.80. The summed E-state index contributed by atoms with van der Waals surface area (Å²) in [6.45, 7) is 0.390. The standard InChI is InChI=1S/C9H7F12NO2/c1-2-3(22-4(5(10,11)12)6(13,14)15)24-7(23-2,8(16,17)18)9(19,20)21/h2-4,22H,1H3. The number of rotatable bonds is 2. The molecule has 1 heterocycles. The molecule has 0 radical (unpaired) electrons. The van der Waals surface area contributed by atoms with E-state index in [9.17, 15) is 52.7 Å². The van der Waals surface area contributed by atoms with Gasteiger partial charge in [-0.1, -0.05) is 0 Å². The van der Waals surface area contributed by atoms with Gasteiger partial charge in [0.15, 0.2) is 0 Å². The third kappa shape index (κ3) is 3.82. The maximum absolute atomic E-state index is 12.6. The Kier molecular flexibility index (Phi) is 5.09. The van der Waals surface area contributed by atoms with Crippen LogP contribution in [0.1, 0.15) is 6.92 Å². The summed E-state index contributed by atoms with van der Waals surface area (Å²) in [6.07, 6.45) is -30.1. The first-order valence-corrected chi connectivity index (χ1v) is 5.71. The second kappa shape index (κ2) is 5.79. The van der Waals surface area contributed by atoms with Gasteiger partial charge in [-0.3, -0.25) is 5.32 Å². The molecule has 1 aliphatic heterocycles. The van der Waals surface area contributed by atoms with Gasteiger partial charge in [-0.25, -0.2) is 0 Å². The Hall–Kier alpha value is -0.960. The predicted octanol–water partition coefficient (Wildman–Crippen LogP) is 3.65. The fourth-order valence-electron chi connectivity index (χ4n) is 1.76. The highest BCUT2D eigenvalue weighted by atomic mass is 19.4. The lowest BCUT2D eigenvalue weighted by atomic mass is 10.2. The van der Waals surface area contributed by atoms with E-state index in [4.69, 9.17) is 0 Å². The van der Waals surface area contributed by atoms with Crippen LogP contribution in [0.5, 0.6) is 0 Å². The summed E-state index contributed by atoms with van der Waals surface area (Å²) in [7, 11) is 0. The first-order valence-electron chi connectivity index (χ1n) is 5.71. The smallest absolute Gasteiger partial charge is 0.328 e. The molecule has 1 saturated heterocycles. The summed E-state index contributed by atoms with van der Waals surface area (Å²) in [6, 6.07) is -4.42. The lowest BCUT2D eigenvalue weighted by Crippen LogP contribution is -2.60. The lowest BCUT2D eigenvalue weighted by molar-refractivity contribution is -0.446. The molecule has 0 aliphatic carbocycles. The summed E-state index contributed by atoms with van der Waals surface area (Å²) >= 11 is 0. The van der Waals surface area contributed by atoms with Crippen LogP contribution in [0.15, 0.2) is 0 Å². The molecular formula is C9H7F12NO2. The number of nitrogens with one attached hydrogen (secondary N) is 1. The van der Waals surface area contributed by atoms with Crippen LogP contribution in [0, 0.1) is 0 Å². The van der Waals surface area contributed by atoms with Crippen molar-refractivity contribution in [3.8, 4) is 0 Å². The van der Waals surface area contributed by atoms with Crippen molar-refractivity contribution in [3.05, 3.63) is 0 Å². The Morgan fingerprint density at radius 2 is 1.12 bits per heavy atom. The minimum atomic E-state index is -6.30. The van der Waals surface area contributed by atoms with Crippen molar-refractivity contribution in [3.63, 3.8) is 0 Å². The monoisotopic (exact) mass is 389 g/mol. The molecule has 1 aliphatic rings. The molecule has 2 unspecified atom stereocenters. The van der Waals surface area contributed by atoms with Crippen molar-refractivity contribution >= 4 is 0 Å². The quantitative estimate of drug-likeness (QED) is 0.732. The van der Waals surface area contributed by atoms with E-state index in [1.54, 1.807) is 0 Å². The second-order valence-corrected chi connectivity index (χ2v) is 4.66. The maximum Gasteiger partial charge on any atom is 0.453 e. The number of halogens is 12. The minimum Gasteiger partial charge on any atom is -0.328 e. The summed E-state index contributed by atoms with van der Waals surface area (Å²) in [5, 5.41) is 0.547. The number of hydrogen-bond donors (Lipinski definition) is 1. The van der Waals surface area contributed by atoms with Crippen molar-refractivity contribution in [1.82, 2.24) is 5.32 Å². The Balaban J connectivity index is 3.17. The topological polar surface area (TPSA) is 30.5 Å². The molecule has 15 heteroatoms. The average molecular weight is 389 g/mol. The zero-order chi connectivity index (χ0) is 19.4. The van der Waals surface area contributed by atoms with E-state index in [0.717, 1.165) is 0 Å². The van der Waals surface area contributed by atoms with Gasteiger partial charge in [-0.15, -0.1) is 0 Å². The molecule has 24 heavy (non-hydrogen) atoms. The fraction of sp³-hybridized carbons (Fsp3) is 1.00. The summed E-state index contributed by atoms with van der Waals surface area (Å²) in [5.74, 6) is -5.35. The van der Waals surface area contributed by atoms with E-state index in [2.05, 4.69) is 9.47 Å². The van der Waals surface area contributed by atoms with E-state index in [-0.39, 0.29) is 0 Å². The zero-order valence-electron chi connectivity index (χ0n) is 11.1. The van der Waals surface area contributed by atoms with E-state index in [1.165, 1.54) is 0 Å². The SMILES string of the molecule is CC1OC(C(F)(F)F)(C(F)(F)F)OC1NC(C(F)(F)F)C(F)(F)F. The molecule has 0 spiro atoms. The highest BCUT2D eigenvalue weighted by molar-refractivity contribution is 4.96. The molecule has 0 saturated carbocycles. The molecule has 3 nitrogen and oxygen atoms in total. The van der Waals surface area contributed by atoms with Crippen molar-refractivity contribution in [2.45, 2.75) is 55.8 Å². The van der Waals surface area contributed by atoms with Crippen LogP contribution >= 0.6 is 0 Å². The Morgan fingerprint density at radius 1 is 0.750 bits per heavy atom. The molecule has 0 aromatic heterocycles. The average Bonchev–Trinajstić information content (AvgIpc) is 2.60. The zero-order valence-corrected chi connectivity index (χ0v) is 11.1. The third-order valence-corrected chi connectivity index (χ3v) is 2.80. The maximum atomic E-state index is 12.6. The highest BCUT2D eigenvalue weighted by Gasteiger charge is 2.79. The molecule has 0 amide bonds. The molecule has 1 N–H and O–H groups in total. The summed E-state index contributed by atoms with van der Waals surface area (Å²) in [4.78, 5) is 0. The second-order valence-electron chi connectivity index (χ2n) is 4.66. The van der Waals surface area contributed by atoms with Crippen molar-refractivity contribution in [2.75, 3.05) is 0 Å². The first-order chi connectivity index (χ1) is 10.3.